The Labute approximate surface area is 228 Å². The van der Waals surface area contributed by atoms with E-state index >= 15 is 0 Å². The summed E-state index contributed by atoms with van der Waals surface area (Å²) in [7, 11) is 2.90. The number of aliphatic hydroxyl groups is 2. The number of carbonyl (C=O) groups excluding carboxylic acids is 1. The molecule has 0 bridgehead atoms. The van der Waals surface area contributed by atoms with Crippen molar-refractivity contribution in [3.63, 3.8) is 0 Å². The molecule has 4 aromatic rings. The summed E-state index contributed by atoms with van der Waals surface area (Å²) < 4.78 is 30.0. The maximum Gasteiger partial charge on any atom is 0.163 e. The molecule has 12 heteroatoms. The Bertz CT molecular complexity index is 1450. The van der Waals surface area contributed by atoms with Crippen LogP contribution in [0.5, 0.6) is 17.2 Å². The van der Waals surface area contributed by atoms with E-state index in [-0.39, 0.29) is 48.2 Å². The van der Waals surface area contributed by atoms with E-state index in [0.717, 1.165) is 0 Å². The fourth-order valence-corrected chi connectivity index (χ4v) is 4.22. The van der Waals surface area contributed by atoms with Gasteiger partial charge in [-0.05, 0) is 55.0 Å². The largest absolute Gasteiger partial charge is 0.494 e. The van der Waals surface area contributed by atoms with E-state index in [1.165, 1.54) is 44.7 Å². The molecule has 0 radical (unpaired) electrons. The van der Waals surface area contributed by atoms with Gasteiger partial charge in [0, 0.05) is 17.5 Å². The number of nitrogens with one attached hydrogen (secondary N) is 1. The molecule has 39 heavy (non-hydrogen) atoms. The number of ether oxygens (including phenoxy) is 3. The Morgan fingerprint density at radius 3 is 2.49 bits per heavy atom. The highest BCUT2D eigenvalue weighted by molar-refractivity contribution is 6.31. The fourth-order valence-electron chi connectivity index (χ4n) is 4.03. The van der Waals surface area contributed by atoms with Gasteiger partial charge in [-0.1, -0.05) is 11.6 Å². The maximum atomic E-state index is 13.8. The lowest BCUT2D eigenvalue weighted by atomic mass is 9.87. The van der Waals surface area contributed by atoms with E-state index in [4.69, 9.17) is 30.9 Å². The van der Waals surface area contributed by atoms with Gasteiger partial charge in [0.05, 0.1) is 37.7 Å². The van der Waals surface area contributed by atoms with Crippen LogP contribution in [-0.2, 0) is 5.60 Å². The van der Waals surface area contributed by atoms with Crippen molar-refractivity contribution in [2.75, 3.05) is 27.4 Å². The molecule has 1 atom stereocenters. The van der Waals surface area contributed by atoms with Crippen LogP contribution < -0.4 is 14.2 Å². The monoisotopic (exact) mass is 556 g/mol. The third-order valence-corrected chi connectivity index (χ3v) is 6.37. The summed E-state index contributed by atoms with van der Waals surface area (Å²) in [5.74, 6) is 0.231. The SMILES string of the molecule is COc1cc(C(=O)CCC(O)(c2cn[nH]n2)c2ccc(OC)c(-c3ccc(F)c(Cl)c3)n2)ccc1OCCO. The van der Waals surface area contributed by atoms with Crippen molar-refractivity contribution < 1.29 is 33.6 Å². The summed E-state index contributed by atoms with van der Waals surface area (Å²) >= 11 is 5.99. The lowest BCUT2D eigenvalue weighted by Gasteiger charge is -2.26. The Hall–Kier alpha value is -4.06. The standard InChI is InChI=1S/C27H26ClFN4O6/c1-37-22-7-8-24(31-26(22)17-3-5-19(29)18(28)13-17)27(36,25-15-30-33-32-25)10-9-20(35)16-4-6-21(39-12-11-34)23(14-16)38-2/h3-8,13-15,34,36H,9-12H2,1-2H3,(H,30,32,33). The first-order chi connectivity index (χ1) is 18.8. The van der Waals surface area contributed by atoms with Gasteiger partial charge in [0.2, 0.25) is 0 Å². The molecule has 0 saturated carbocycles. The van der Waals surface area contributed by atoms with Crippen molar-refractivity contribution in [3.05, 3.63) is 82.5 Å². The minimum absolute atomic E-state index is 0.0787. The van der Waals surface area contributed by atoms with E-state index in [1.54, 1.807) is 24.3 Å². The van der Waals surface area contributed by atoms with Gasteiger partial charge in [-0.15, -0.1) is 0 Å². The minimum atomic E-state index is -1.82. The number of Topliss-reactive ketones (excluding diaryl/α,β-unsaturated/α-hetero) is 1. The number of aromatic amines is 1. The van der Waals surface area contributed by atoms with Gasteiger partial charge in [0.1, 0.15) is 29.6 Å². The quantitative estimate of drug-likeness (QED) is 0.221. The number of hydrogen-bond acceptors (Lipinski definition) is 9. The number of aromatic nitrogens is 4. The van der Waals surface area contributed by atoms with Gasteiger partial charge in [-0.25, -0.2) is 9.37 Å². The van der Waals surface area contributed by atoms with E-state index in [0.29, 0.717) is 34.1 Å². The van der Waals surface area contributed by atoms with Crippen molar-refractivity contribution >= 4 is 17.4 Å². The minimum Gasteiger partial charge on any atom is -0.494 e. The lowest BCUT2D eigenvalue weighted by Crippen LogP contribution is -2.30. The predicted octanol–water partition coefficient (Wildman–Crippen LogP) is 3.95. The third-order valence-electron chi connectivity index (χ3n) is 6.08. The summed E-state index contributed by atoms with van der Waals surface area (Å²) in [4.78, 5) is 17.8. The number of aliphatic hydroxyl groups excluding tert-OH is 1. The molecule has 0 aliphatic carbocycles. The average Bonchev–Trinajstić information content (AvgIpc) is 3.51. The molecule has 0 fully saturated rings. The Balaban J connectivity index is 1.67. The summed E-state index contributed by atoms with van der Waals surface area (Å²) in [6, 6.07) is 12.0. The van der Waals surface area contributed by atoms with Crippen LogP contribution in [0, 0.1) is 5.82 Å². The fraction of sp³-hybridized carbons (Fsp3) is 0.259. The Morgan fingerprint density at radius 1 is 1.05 bits per heavy atom. The molecule has 3 N–H and O–H groups in total. The molecule has 4 rings (SSSR count). The number of carbonyl (C=O) groups is 1. The van der Waals surface area contributed by atoms with Crippen molar-refractivity contribution in [1.82, 2.24) is 20.4 Å². The zero-order valence-electron chi connectivity index (χ0n) is 21.1. The molecule has 10 nitrogen and oxygen atoms in total. The first-order valence-corrected chi connectivity index (χ1v) is 12.2. The van der Waals surface area contributed by atoms with Gasteiger partial charge >= 0.3 is 0 Å². The zero-order chi connectivity index (χ0) is 28.0. The Kier molecular flexibility index (Phi) is 8.75. The second-order valence-electron chi connectivity index (χ2n) is 8.45. The van der Waals surface area contributed by atoms with Crippen molar-refractivity contribution in [2.45, 2.75) is 18.4 Å². The molecular formula is C27H26ClFN4O6. The highest BCUT2D eigenvalue weighted by Gasteiger charge is 2.37. The third kappa shape index (κ3) is 6.00. The van der Waals surface area contributed by atoms with E-state index in [9.17, 15) is 14.3 Å². The van der Waals surface area contributed by atoms with Crippen LogP contribution in [0.1, 0.15) is 34.6 Å². The molecule has 2 aromatic heterocycles. The van der Waals surface area contributed by atoms with Crippen molar-refractivity contribution in [1.29, 1.82) is 0 Å². The van der Waals surface area contributed by atoms with Crippen molar-refractivity contribution in [3.8, 4) is 28.5 Å². The molecule has 0 spiro atoms. The van der Waals surface area contributed by atoms with Gasteiger partial charge in [-0.2, -0.15) is 15.4 Å². The van der Waals surface area contributed by atoms with Crippen LogP contribution in [0.3, 0.4) is 0 Å². The number of nitrogens with zero attached hydrogens (tertiary/aromatic N) is 3. The van der Waals surface area contributed by atoms with Gasteiger partial charge < -0.3 is 24.4 Å². The van der Waals surface area contributed by atoms with Crippen LogP contribution in [0.25, 0.3) is 11.3 Å². The Morgan fingerprint density at radius 2 is 1.82 bits per heavy atom. The number of hydrogen-bond donors (Lipinski definition) is 3. The molecule has 0 saturated heterocycles. The predicted molar refractivity (Wildman–Crippen MR) is 140 cm³/mol. The van der Waals surface area contributed by atoms with Gasteiger partial charge in [-0.3, -0.25) is 4.79 Å². The zero-order valence-corrected chi connectivity index (χ0v) is 21.9. The normalized spacial score (nSPS) is 12.6. The highest BCUT2D eigenvalue weighted by Crippen LogP contribution is 2.37. The molecule has 2 heterocycles. The van der Waals surface area contributed by atoms with Crippen LogP contribution in [0.15, 0.2) is 54.7 Å². The van der Waals surface area contributed by atoms with Crippen molar-refractivity contribution in [2.24, 2.45) is 0 Å². The van der Waals surface area contributed by atoms with Crippen LogP contribution in [0.4, 0.5) is 4.39 Å². The molecular weight excluding hydrogens is 531 g/mol. The molecule has 204 valence electrons. The molecule has 0 aliphatic rings. The van der Waals surface area contributed by atoms with E-state index < -0.39 is 11.4 Å². The summed E-state index contributed by atoms with van der Waals surface area (Å²) in [5, 5.41) is 31.1. The average molecular weight is 557 g/mol. The number of halogens is 2. The first-order valence-electron chi connectivity index (χ1n) is 11.8. The summed E-state index contributed by atoms with van der Waals surface area (Å²) in [6.45, 7) is -0.0882. The van der Waals surface area contributed by atoms with Crippen LogP contribution in [-0.4, -0.2) is 63.8 Å². The number of pyridine rings is 1. The second kappa shape index (κ2) is 12.2. The topological polar surface area (TPSA) is 140 Å². The number of rotatable bonds is 12. The van der Waals surface area contributed by atoms with Gasteiger partial charge in [0.25, 0.3) is 0 Å². The van der Waals surface area contributed by atoms with E-state index in [1.807, 2.05) is 0 Å². The summed E-state index contributed by atoms with van der Waals surface area (Å²) in [5.41, 5.74) is -0.369. The molecule has 2 aromatic carbocycles. The maximum absolute atomic E-state index is 13.8. The number of H-pyrrole nitrogens is 1. The molecule has 0 aliphatic heterocycles. The summed E-state index contributed by atoms with van der Waals surface area (Å²) in [6.07, 6.45) is 1.17. The van der Waals surface area contributed by atoms with E-state index in [2.05, 4.69) is 20.4 Å². The molecule has 0 amide bonds. The van der Waals surface area contributed by atoms with Crippen LogP contribution >= 0.6 is 11.6 Å². The number of benzene rings is 2. The van der Waals surface area contributed by atoms with Gasteiger partial charge in [0.15, 0.2) is 22.9 Å². The smallest absolute Gasteiger partial charge is 0.163 e. The lowest BCUT2D eigenvalue weighted by molar-refractivity contribution is 0.0560. The number of ketones is 1. The highest BCUT2D eigenvalue weighted by atomic mass is 35.5. The number of methoxy groups -OCH3 is 2. The van der Waals surface area contributed by atoms with Crippen LogP contribution in [0.2, 0.25) is 5.02 Å². The first kappa shape index (κ1) is 28.0. The second-order valence-corrected chi connectivity index (χ2v) is 8.86. The molecule has 1 unspecified atom stereocenters.